The van der Waals surface area contributed by atoms with Crippen molar-refractivity contribution in [1.29, 1.82) is 0 Å². The van der Waals surface area contributed by atoms with Gasteiger partial charge in [-0.1, -0.05) is 84.4 Å². The minimum atomic E-state index is -0.729. The topological polar surface area (TPSA) is 49.4 Å². The van der Waals surface area contributed by atoms with E-state index in [-0.39, 0.29) is 11.8 Å². The highest BCUT2D eigenvalue weighted by molar-refractivity contribution is 6.30. The van der Waals surface area contributed by atoms with Gasteiger partial charge in [0.25, 0.3) is 0 Å². The molecule has 0 aliphatic rings. The van der Waals surface area contributed by atoms with Crippen LogP contribution in [0.3, 0.4) is 0 Å². The van der Waals surface area contributed by atoms with Crippen molar-refractivity contribution in [3.8, 4) is 0 Å². The number of halogens is 1. The van der Waals surface area contributed by atoms with Crippen LogP contribution in [0.15, 0.2) is 84.9 Å². The van der Waals surface area contributed by atoms with Crippen LogP contribution in [-0.2, 0) is 22.7 Å². The lowest BCUT2D eigenvalue weighted by Gasteiger charge is -2.30. The molecule has 4 nitrogen and oxygen atoms in total. The Kier molecular flexibility index (Phi) is 7.04. The predicted octanol–water partition coefficient (Wildman–Crippen LogP) is 4.75. The van der Waals surface area contributed by atoms with Crippen molar-refractivity contribution in [2.45, 2.75) is 26.1 Å². The molecule has 0 radical (unpaired) electrons. The van der Waals surface area contributed by atoms with Crippen molar-refractivity contribution >= 4 is 23.4 Å². The van der Waals surface area contributed by atoms with Gasteiger partial charge in [0.1, 0.15) is 6.04 Å². The zero-order valence-electron chi connectivity index (χ0n) is 16.2. The maximum Gasteiger partial charge on any atom is 0.247 e. The van der Waals surface area contributed by atoms with Crippen LogP contribution in [0.2, 0.25) is 5.02 Å². The fraction of sp³-hybridized carbons (Fsp3) is 0.167. The van der Waals surface area contributed by atoms with E-state index in [1.807, 2.05) is 72.8 Å². The number of carbonyl (C=O) groups excluding carboxylic acids is 2. The fourth-order valence-corrected chi connectivity index (χ4v) is 3.29. The van der Waals surface area contributed by atoms with Gasteiger partial charge in [0, 0.05) is 25.0 Å². The van der Waals surface area contributed by atoms with E-state index in [1.54, 1.807) is 17.0 Å². The average Bonchev–Trinajstić information content (AvgIpc) is 2.74. The van der Waals surface area contributed by atoms with Crippen LogP contribution >= 0.6 is 11.6 Å². The van der Waals surface area contributed by atoms with Crippen LogP contribution in [0.1, 0.15) is 29.7 Å². The number of nitrogens with one attached hydrogen (secondary N) is 1. The second-order valence-corrected chi connectivity index (χ2v) is 7.23. The van der Waals surface area contributed by atoms with E-state index in [0.717, 1.165) is 16.7 Å². The van der Waals surface area contributed by atoms with Crippen molar-refractivity contribution in [1.82, 2.24) is 10.2 Å². The van der Waals surface area contributed by atoms with E-state index in [4.69, 9.17) is 11.6 Å². The molecular weight excluding hydrogens is 384 g/mol. The van der Waals surface area contributed by atoms with Crippen molar-refractivity contribution in [2.75, 3.05) is 0 Å². The summed E-state index contributed by atoms with van der Waals surface area (Å²) in [7, 11) is 0. The van der Waals surface area contributed by atoms with Gasteiger partial charge in [-0.3, -0.25) is 9.59 Å². The molecule has 0 fully saturated rings. The standard InChI is InChI=1S/C24H23ClN2O2/c1-18(28)27(17-20-12-14-22(25)15-13-20)23(21-10-6-3-7-11-21)24(29)26-16-19-8-4-2-5-9-19/h2-15,23H,16-17H2,1H3,(H,26,29). The maximum atomic E-state index is 13.2. The number of hydrogen-bond acceptors (Lipinski definition) is 2. The summed E-state index contributed by atoms with van der Waals surface area (Å²) in [6.45, 7) is 2.19. The van der Waals surface area contributed by atoms with Gasteiger partial charge in [0.05, 0.1) is 0 Å². The Labute approximate surface area is 176 Å². The van der Waals surface area contributed by atoms with Crippen molar-refractivity contribution in [2.24, 2.45) is 0 Å². The first kappa shape index (κ1) is 20.6. The third kappa shape index (κ3) is 5.69. The van der Waals surface area contributed by atoms with Gasteiger partial charge < -0.3 is 10.2 Å². The molecule has 0 aliphatic carbocycles. The molecule has 0 aromatic heterocycles. The minimum Gasteiger partial charge on any atom is -0.350 e. The molecule has 0 saturated carbocycles. The van der Waals surface area contributed by atoms with Gasteiger partial charge in [-0.15, -0.1) is 0 Å². The molecular formula is C24H23ClN2O2. The molecule has 0 bridgehead atoms. The molecule has 5 heteroatoms. The van der Waals surface area contributed by atoms with E-state index in [0.29, 0.717) is 18.1 Å². The Morgan fingerprint density at radius 1 is 0.862 bits per heavy atom. The lowest BCUT2D eigenvalue weighted by atomic mass is 10.0. The van der Waals surface area contributed by atoms with Gasteiger partial charge in [-0.2, -0.15) is 0 Å². The molecule has 3 aromatic rings. The van der Waals surface area contributed by atoms with Crippen LogP contribution < -0.4 is 5.32 Å². The van der Waals surface area contributed by atoms with Gasteiger partial charge >= 0.3 is 0 Å². The molecule has 1 unspecified atom stereocenters. The summed E-state index contributed by atoms with van der Waals surface area (Å²) in [6.07, 6.45) is 0. The Bertz CT molecular complexity index is 944. The summed E-state index contributed by atoms with van der Waals surface area (Å²) in [6, 6.07) is 25.6. The lowest BCUT2D eigenvalue weighted by molar-refractivity contribution is -0.140. The summed E-state index contributed by atoms with van der Waals surface area (Å²) in [4.78, 5) is 27.3. The third-order valence-electron chi connectivity index (χ3n) is 4.66. The highest BCUT2D eigenvalue weighted by Gasteiger charge is 2.29. The van der Waals surface area contributed by atoms with Gasteiger partial charge in [-0.25, -0.2) is 0 Å². The number of carbonyl (C=O) groups is 2. The summed E-state index contributed by atoms with van der Waals surface area (Å²) >= 11 is 5.97. The van der Waals surface area contributed by atoms with E-state index >= 15 is 0 Å². The highest BCUT2D eigenvalue weighted by Crippen LogP contribution is 2.24. The first-order chi connectivity index (χ1) is 14.0. The largest absolute Gasteiger partial charge is 0.350 e. The zero-order chi connectivity index (χ0) is 20.6. The minimum absolute atomic E-state index is 0.177. The van der Waals surface area contributed by atoms with Crippen LogP contribution in [0, 0.1) is 0 Å². The van der Waals surface area contributed by atoms with Gasteiger partial charge in [-0.05, 0) is 28.8 Å². The van der Waals surface area contributed by atoms with Crippen LogP contribution in [0.25, 0.3) is 0 Å². The monoisotopic (exact) mass is 406 g/mol. The Morgan fingerprint density at radius 3 is 2.03 bits per heavy atom. The quantitative estimate of drug-likeness (QED) is 0.615. The summed E-state index contributed by atoms with van der Waals surface area (Å²) in [5.41, 5.74) is 2.67. The molecule has 3 rings (SSSR count). The SMILES string of the molecule is CC(=O)N(Cc1ccc(Cl)cc1)C(C(=O)NCc1ccccc1)c1ccccc1. The Balaban J connectivity index is 1.86. The number of amides is 2. The predicted molar refractivity (Wildman–Crippen MR) is 115 cm³/mol. The number of rotatable bonds is 7. The molecule has 148 valence electrons. The van der Waals surface area contributed by atoms with Gasteiger partial charge in [0.2, 0.25) is 11.8 Å². The molecule has 0 spiro atoms. The van der Waals surface area contributed by atoms with Crippen LogP contribution in [0.4, 0.5) is 0 Å². The Hall–Kier alpha value is -3.11. The number of hydrogen-bond donors (Lipinski definition) is 1. The average molecular weight is 407 g/mol. The number of benzene rings is 3. The first-order valence-electron chi connectivity index (χ1n) is 9.43. The molecule has 0 aliphatic heterocycles. The third-order valence-corrected chi connectivity index (χ3v) is 4.91. The van der Waals surface area contributed by atoms with E-state index in [1.165, 1.54) is 6.92 Å². The van der Waals surface area contributed by atoms with E-state index in [2.05, 4.69) is 5.32 Å². The second kappa shape index (κ2) is 9.89. The lowest BCUT2D eigenvalue weighted by Crippen LogP contribution is -2.42. The molecule has 1 atom stereocenters. The van der Waals surface area contributed by atoms with Crippen molar-refractivity contribution in [3.63, 3.8) is 0 Å². The van der Waals surface area contributed by atoms with Crippen molar-refractivity contribution in [3.05, 3.63) is 107 Å². The normalized spacial score (nSPS) is 11.5. The molecule has 29 heavy (non-hydrogen) atoms. The molecule has 0 heterocycles. The molecule has 0 saturated heterocycles. The summed E-state index contributed by atoms with van der Waals surface area (Å²) < 4.78 is 0. The van der Waals surface area contributed by atoms with Crippen molar-refractivity contribution < 1.29 is 9.59 Å². The maximum absolute atomic E-state index is 13.2. The number of nitrogens with zero attached hydrogens (tertiary/aromatic N) is 1. The first-order valence-corrected chi connectivity index (χ1v) is 9.80. The highest BCUT2D eigenvalue weighted by atomic mass is 35.5. The Morgan fingerprint density at radius 2 is 1.45 bits per heavy atom. The molecule has 3 aromatic carbocycles. The second-order valence-electron chi connectivity index (χ2n) is 6.79. The van der Waals surface area contributed by atoms with Gasteiger partial charge in [0.15, 0.2) is 0 Å². The summed E-state index contributed by atoms with van der Waals surface area (Å²) in [5, 5.41) is 3.60. The fourth-order valence-electron chi connectivity index (χ4n) is 3.16. The molecule has 1 N–H and O–H groups in total. The zero-order valence-corrected chi connectivity index (χ0v) is 17.0. The summed E-state index contributed by atoms with van der Waals surface area (Å²) in [5.74, 6) is -0.395. The van der Waals surface area contributed by atoms with Crippen LogP contribution in [-0.4, -0.2) is 16.7 Å². The molecule has 2 amide bonds. The van der Waals surface area contributed by atoms with E-state index in [9.17, 15) is 9.59 Å². The van der Waals surface area contributed by atoms with Crippen LogP contribution in [0.5, 0.6) is 0 Å². The smallest absolute Gasteiger partial charge is 0.247 e. The van der Waals surface area contributed by atoms with E-state index < -0.39 is 6.04 Å².